The van der Waals surface area contributed by atoms with Crippen molar-refractivity contribution in [1.29, 1.82) is 0 Å². The number of carbonyl (C=O) groups is 1. The van der Waals surface area contributed by atoms with Crippen LogP contribution in [0, 0.1) is 6.92 Å². The Morgan fingerprint density at radius 1 is 1.56 bits per heavy atom. The molecule has 0 bridgehead atoms. The number of carbonyl (C=O) groups excluding carboxylic acids is 1. The first-order valence-corrected chi connectivity index (χ1v) is 8.36. The Balaban J connectivity index is 2.28. The van der Waals surface area contributed by atoms with E-state index in [9.17, 15) is 13.2 Å². The van der Waals surface area contributed by atoms with Crippen molar-refractivity contribution in [3.63, 3.8) is 0 Å². The average molecular weight is 288 g/mol. The van der Waals surface area contributed by atoms with Crippen LogP contribution in [0.5, 0.6) is 0 Å². The van der Waals surface area contributed by atoms with Crippen LogP contribution in [0.4, 0.5) is 0 Å². The minimum atomic E-state index is -2.95. The van der Waals surface area contributed by atoms with Crippen LogP contribution in [-0.2, 0) is 14.6 Å². The molecule has 0 aliphatic carbocycles. The first-order chi connectivity index (χ1) is 8.37. The molecule has 100 valence electrons. The van der Waals surface area contributed by atoms with Crippen LogP contribution >= 0.6 is 11.3 Å². The van der Waals surface area contributed by atoms with Gasteiger partial charge in [-0.15, -0.1) is 11.3 Å². The second-order valence-electron chi connectivity index (χ2n) is 3.90. The van der Waals surface area contributed by atoms with Crippen LogP contribution in [0.2, 0.25) is 0 Å². The molecule has 1 aromatic rings. The minimum Gasteiger partial charge on any atom is -0.353 e. The molecule has 0 fully saturated rings. The number of aryl methyl sites for hydroxylation is 1. The third kappa shape index (κ3) is 6.51. The maximum atomic E-state index is 11.4. The van der Waals surface area contributed by atoms with Crippen molar-refractivity contribution in [1.82, 2.24) is 10.3 Å². The molecule has 1 heterocycles. The molecule has 0 atom stereocenters. The molecule has 0 spiro atoms. The molecule has 0 saturated heterocycles. The van der Waals surface area contributed by atoms with E-state index < -0.39 is 9.84 Å². The van der Waals surface area contributed by atoms with Gasteiger partial charge in [-0.2, -0.15) is 0 Å². The molecule has 5 nitrogen and oxygen atoms in total. The van der Waals surface area contributed by atoms with Gasteiger partial charge >= 0.3 is 0 Å². The van der Waals surface area contributed by atoms with E-state index in [2.05, 4.69) is 10.3 Å². The Labute approximate surface area is 111 Å². The number of hydrogen-bond acceptors (Lipinski definition) is 5. The lowest BCUT2D eigenvalue weighted by atomic mass is 10.4. The smallest absolute Gasteiger partial charge is 0.244 e. The van der Waals surface area contributed by atoms with Gasteiger partial charge in [0.25, 0.3) is 0 Å². The summed E-state index contributed by atoms with van der Waals surface area (Å²) in [5.74, 6) is -0.156. The highest BCUT2D eigenvalue weighted by Gasteiger charge is 2.02. The van der Waals surface area contributed by atoms with Crippen LogP contribution in [0.1, 0.15) is 17.1 Å². The number of amides is 1. The third-order valence-electron chi connectivity index (χ3n) is 2.03. The fourth-order valence-corrected chi connectivity index (χ4v) is 2.47. The van der Waals surface area contributed by atoms with E-state index >= 15 is 0 Å². The van der Waals surface area contributed by atoms with Crippen LogP contribution in [0.3, 0.4) is 0 Å². The number of aromatic nitrogens is 1. The molecule has 0 saturated carbocycles. The Bertz CT molecular complexity index is 532. The van der Waals surface area contributed by atoms with Crippen molar-refractivity contribution in [2.75, 3.05) is 18.6 Å². The zero-order valence-electron chi connectivity index (χ0n) is 10.3. The quantitative estimate of drug-likeness (QED) is 0.626. The number of sulfone groups is 1. The highest BCUT2D eigenvalue weighted by Crippen LogP contribution is 2.08. The lowest BCUT2D eigenvalue weighted by Crippen LogP contribution is -2.23. The van der Waals surface area contributed by atoms with Crippen molar-refractivity contribution in [3.8, 4) is 0 Å². The standard InChI is InChI=1S/C11H16N2O3S2/c1-9-13-10(8-17-9)4-5-11(14)12-6-3-7-18(2,15)16/h4-5,8H,3,6-7H2,1-2H3,(H,12,14). The molecular formula is C11H16N2O3S2. The Kier molecular flexibility index (Phi) is 5.49. The molecule has 0 aliphatic rings. The summed E-state index contributed by atoms with van der Waals surface area (Å²) in [4.78, 5) is 15.6. The van der Waals surface area contributed by atoms with Gasteiger partial charge in [-0.05, 0) is 19.4 Å². The van der Waals surface area contributed by atoms with Crippen LogP contribution in [0.15, 0.2) is 11.5 Å². The SMILES string of the molecule is Cc1nc(C=CC(=O)NCCCS(C)(=O)=O)cs1. The zero-order valence-corrected chi connectivity index (χ0v) is 12.0. The second-order valence-corrected chi connectivity index (χ2v) is 7.22. The van der Waals surface area contributed by atoms with Gasteiger partial charge in [0.1, 0.15) is 9.84 Å². The van der Waals surface area contributed by atoms with Gasteiger partial charge in [-0.25, -0.2) is 13.4 Å². The summed E-state index contributed by atoms with van der Waals surface area (Å²) in [6, 6.07) is 0. The first kappa shape index (κ1) is 14.8. The largest absolute Gasteiger partial charge is 0.353 e. The molecule has 1 aromatic heterocycles. The second kappa shape index (κ2) is 6.65. The lowest BCUT2D eigenvalue weighted by Gasteiger charge is -2.00. The molecule has 0 radical (unpaired) electrons. The number of hydrogen-bond donors (Lipinski definition) is 1. The van der Waals surface area contributed by atoms with Gasteiger partial charge < -0.3 is 5.32 Å². The van der Waals surface area contributed by atoms with Crippen LogP contribution in [-0.4, -0.2) is 37.9 Å². The Morgan fingerprint density at radius 3 is 2.83 bits per heavy atom. The minimum absolute atomic E-state index is 0.0856. The normalized spacial score (nSPS) is 11.9. The van der Waals surface area contributed by atoms with E-state index in [4.69, 9.17) is 0 Å². The number of thiazole rings is 1. The summed E-state index contributed by atoms with van der Waals surface area (Å²) in [7, 11) is -2.95. The Morgan fingerprint density at radius 2 is 2.28 bits per heavy atom. The van der Waals surface area contributed by atoms with Crippen molar-refractivity contribution in [3.05, 3.63) is 22.2 Å². The summed E-state index contributed by atoms with van der Waals surface area (Å²) in [6.07, 6.45) is 4.64. The maximum absolute atomic E-state index is 11.4. The summed E-state index contributed by atoms with van der Waals surface area (Å²) in [5, 5.41) is 5.43. The number of nitrogens with one attached hydrogen (secondary N) is 1. The molecule has 0 unspecified atom stereocenters. The third-order valence-corrected chi connectivity index (χ3v) is 3.86. The Hall–Kier alpha value is -1.21. The van der Waals surface area contributed by atoms with Gasteiger partial charge in [0, 0.05) is 24.3 Å². The molecule has 1 N–H and O–H groups in total. The monoisotopic (exact) mass is 288 g/mol. The maximum Gasteiger partial charge on any atom is 0.244 e. The molecule has 0 aliphatic heterocycles. The highest BCUT2D eigenvalue weighted by molar-refractivity contribution is 7.90. The van der Waals surface area contributed by atoms with E-state index in [0.29, 0.717) is 13.0 Å². The predicted molar refractivity (Wildman–Crippen MR) is 73.2 cm³/mol. The van der Waals surface area contributed by atoms with E-state index in [1.54, 1.807) is 6.08 Å². The highest BCUT2D eigenvalue weighted by atomic mass is 32.2. The van der Waals surface area contributed by atoms with E-state index in [-0.39, 0.29) is 11.7 Å². The van der Waals surface area contributed by atoms with Crippen LogP contribution in [0.25, 0.3) is 6.08 Å². The predicted octanol–water partition coefficient (Wildman–Crippen LogP) is 1.02. The van der Waals surface area contributed by atoms with E-state index in [0.717, 1.165) is 10.7 Å². The van der Waals surface area contributed by atoms with E-state index in [1.807, 2.05) is 12.3 Å². The molecule has 18 heavy (non-hydrogen) atoms. The zero-order chi connectivity index (χ0) is 13.6. The molecule has 1 rings (SSSR count). The number of rotatable bonds is 6. The molecule has 7 heteroatoms. The van der Waals surface area contributed by atoms with Crippen molar-refractivity contribution >= 4 is 33.2 Å². The fourth-order valence-electron chi connectivity index (χ4n) is 1.22. The lowest BCUT2D eigenvalue weighted by molar-refractivity contribution is -0.116. The van der Waals surface area contributed by atoms with Gasteiger partial charge in [0.15, 0.2) is 0 Å². The molecular weight excluding hydrogens is 272 g/mol. The van der Waals surface area contributed by atoms with Gasteiger partial charge in [0.05, 0.1) is 16.5 Å². The van der Waals surface area contributed by atoms with Crippen molar-refractivity contribution < 1.29 is 13.2 Å². The first-order valence-electron chi connectivity index (χ1n) is 5.42. The fraction of sp³-hybridized carbons (Fsp3) is 0.455. The van der Waals surface area contributed by atoms with Crippen LogP contribution < -0.4 is 5.32 Å². The number of nitrogens with zero attached hydrogens (tertiary/aromatic N) is 1. The molecule has 1 amide bonds. The van der Waals surface area contributed by atoms with Crippen molar-refractivity contribution in [2.24, 2.45) is 0 Å². The van der Waals surface area contributed by atoms with E-state index in [1.165, 1.54) is 23.7 Å². The van der Waals surface area contributed by atoms with Gasteiger partial charge in [-0.1, -0.05) is 0 Å². The summed E-state index contributed by atoms with van der Waals surface area (Å²) in [5.41, 5.74) is 0.754. The van der Waals surface area contributed by atoms with Crippen molar-refractivity contribution in [2.45, 2.75) is 13.3 Å². The summed E-state index contributed by atoms with van der Waals surface area (Å²) < 4.78 is 21.7. The summed E-state index contributed by atoms with van der Waals surface area (Å²) in [6.45, 7) is 2.25. The average Bonchev–Trinajstić information content (AvgIpc) is 2.66. The van der Waals surface area contributed by atoms with Gasteiger partial charge in [0.2, 0.25) is 5.91 Å². The topological polar surface area (TPSA) is 76.1 Å². The summed E-state index contributed by atoms with van der Waals surface area (Å²) >= 11 is 1.52. The molecule has 0 aromatic carbocycles. The van der Waals surface area contributed by atoms with Gasteiger partial charge in [-0.3, -0.25) is 4.79 Å².